The van der Waals surface area contributed by atoms with E-state index in [1.54, 1.807) is 25.4 Å². The summed E-state index contributed by atoms with van der Waals surface area (Å²) in [5.41, 5.74) is 1.00. The molecule has 0 N–H and O–H groups in total. The number of hydrogen-bond acceptors (Lipinski definition) is 7. The molecule has 0 saturated carbocycles. The first-order chi connectivity index (χ1) is 13.6. The number of likely N-dealkylation sites (tertiary alicyclic amines) is 1. The van der Waals surface area contributed by atoms with E-state index < -0.39 is 0 Å². The minimum absolute atomic E-state index is 0.00218. The topological polar surface area (TPSA) is 81.6 Å². The van der Waals surface area contributed by atoms with Gasteiger partial charge in [-0.25, -0.2) is 0 Å². The van der Waals surface area contributed by atoms with Gasteiger partial charge in [-0.15, -0.1) is 10.2 Å². The smallest absolute Gasteiger partial charge is 0.306 e. The van der Waals surface area contributed by atoms with Crippen molar-refractivity contribution in [1.82, 2.24) is 15.1 Å². The van der Waals surface area contributed by atoms with E-state index >= 15 is 0 Å². The van der Waals surface area contributed by atoms with E-state index in [2.05, 4.69) is 10.2 Å². The van der Waals surface area contributed by atoms with Crippen LogP contribution in [0.5, 0.6) is 5.75 Å². The Bertz CT molecular complexity index is 806. The molecule has 1 saturated heterocycles. The predicted molar refractivity (Wildman–Crippen MR) is 106 cm³/mol. The van der Waals surface area contributed by atoms with Gasteiger partial charge in [0, 0.05) is 31.0 Å². The second kappa shape index (κ2) is 9.64. The monoisotopic (exact) mass is 403 g/mol. The van der Waals surface area contributed by atoms with Gasteiger partial charge in [-0.2, -0.15) is 0 Å². The molecule has 1 aromatic heterocycles. The molecular weight excluding hydrogens is 378 g/mol. The van der Waals surface area contributed by atoms with Crippen molar-refractivity contribution < 1.29 is 19.1 Å². The van der Waals surface area contributed by atoms with Gasteiger partial charge >= 0.3 is 5.97 Å². The van der Waals surface area contributed by atoms with E-state index in [1.807, 2.05) is 29.2 Å². The van der Waals surface area contributed by atoms with E-state index in [0.29, 0.717) is 13.2 Å². The average molecular weight is 404 g/mol. The summed E-state index contributed by atoms with van der Waals surface area (Å²) in [6, 6.07) is 7.74. The maximum atomic E-state index is 12.4. The highest BCUT2D eigenvalue weighted by Crippen LogP contribution is 2.33. The number of ether oxygens (including phenoxy) is 2. The van der Waals surface area contributed by atoms with E-state index in [0.717, 1.165) is 40.7 Å². The maximum absolute atomic E-state index is 12.4. The lowest BCUT2D eigenvalue weighted by molar-refractivity contribution is -0.145. The zero-order valence-electron chi connectivity index (χ0n) is 16.2. The minimum atomic E-state index is -0.322. The van der Waals surface area contributed by atoms with Crippen LogP contribution < -0.4 is 4.74 Å². The first kappa shape index (κ1) is 20.3. The fourth-order valence-corrected chi connectivity index (χ4v) is 4.23. The standard InChI is InChI=1S/C20H25N3O4S/c1-3-27-18(25)11-10-17(24)23-12-4-5-15(13-23)20-22-21-19(28-20)14-6-8-16(26-2)9-7-14/h6-9,15H,3-5,10-13H2,1-2H3/t15-/m1/s1. The van der Waals surface area contributed by atoms with Gasteiger partial charge < -0.3 is 14.4 Å². The molecule has 1 aromatic carbocycles. The lowest BCUT2D eigenvalue weighted by atomic mass is 9.98. The Hall–Kier alpha value is -2.48. The van der Waals surface area contributed by atoms with Crippen molar-refractivity contribution in [3.05, 3.63) is 29.3 Å². The molecule has 0 unspecified atom stereocenters. The van der Waals surface area contributed by atoms with Gasteiger partial charge in [-0.05, 0) is 44.0 Å². The molecule has 2 heterocycles. The number of carbonyl (C=O) groups excluding carboxylic acids is 2. The normalized spacial score (nSPS) is 16.6. The van der Waals surface area contributed by atoms with Crippen LogP contribution in [-0.2, 0) is 14.3 Å². The van der Waals surface area contributed by atoms with Crippen LogP contribution in [0, 0.1) is 0 Å². The van der Waals surface area contributed by atoms with Gasteiger partial charge in [0.2, 0.25) is 5.91 Å². The lowest BCUT2D eigenvalue weighted by Gasteiger charge is -2.31. The van der Waals surface area contributed by atoms with Crippen LogP contribution in [0.4, 0.5) is 0 Å². The molecule has 28 heavy (non-hydrogen) atoms. The van der Waals surface area contributed by atoms with Crippen LogP contribution in [-0.4, -0.2) is 53.8 Å². The largest absolute Gasteiger partial charge is 0.497 e. The molecule has 1 aliphatic rings. The number of carbonyl (C=O) groups is 2. The number of methoxy groups -OCH3 is 1. The number of piperidine rings is 1. The molecule has 0 aliphatic carbocycles. The second-order valence-electron chi connectivity index (χ2n) is 6.66. The van der Waals surface area contributed by atoms with Gasteiger partial charge in [0.15, 0.2) is 0 Å². The van der Waals surface area contributed by atoms with Crippen LogP contribution in [0.1, 0.15) is 43.5 Å². The fourth-order valence-electron chi connectivity index (χ4n) is 3.26. The third-order valence-corrected chi connectivity index (χ3v) is 5.88. The molecule has 8 heteroatoms. The molecule has 150 valence electrons. The zero-order valence-corrected chi connectivity index (χ0v) is 17.0. The van der Waals surface area contributed by atoms with Crippen LogP contribution in [0.2, 0.25) is 0 Å². The van der Waals surface area contributed by atoms with Crippen molar-refractivity contribution in [2.45, 2.75) is 38.5 Å². The quantitative estimate of drug-likeness (QED) is 0.660. The van der Waals surface area contributed by atoms with E-state index in [-0.39, 0.29) is 30.6 Å². The third kappa shape index (κ3) is 5.07. The van der Waals surface area contributed by atoms with Crippen molar-refractivity contribution in [3.8, 4) is 16.3 Å². The van der Waals surface area contributed by atoms with E-state index in [9.17, 15) is 9.59 Å². The van der Waals surface area contributed by atoms with Crippen LogP contribution in [0.3, 0.4) is 0 Å². The van der Waals surface area contributed by atoms with Crippen molar-refractivity contribution in [3.63, 3.8) is 0 Å². The SMILES string of the molecule is CCOC(=O)CCC(=O)N1CCC[C@@H](c2nnc(-c3ccc(OC)cc3)s2)C1. The van der Waals surface area contributed by atoms with Crippen molar-refractivity contribution in [2.24, 2.45) is 0 Å². The number of benzene rings is 1. The van der Waals surface area contributed by atoms with Crippen molar-refractivity contribution in [1.29, 1.82) is 0 Å². The molecule has 2 aromatic rings. The van der Waals surface area contributed by atoms with Gasteiger partial charge in [-0.1, -0.05) is 11.3 Å². The van der Waals surface area contributed by atoms with Gasteiger partial charge in [0.05, 0.1) is 20.1 Å². The molecule has 7 nitrogen and oxygen atoms in total. The number of nitrogens with zero attached hydrogens (tertiary/aromatic N) is 3. The first-order valence-electron chi connectivity index (χ1n) is 9.52. The molecular formula is C20H25N3O4S. The summed E-state index contributed by atoms with van der Waals surface area (Å²) in [6.07, 6.45) is 2.24. The van der Waals surface area contributed by atoms with Crippen molar-refractivity contribution >= 4 is 23.2 Å². The number of aromatic nitrogens is 2. The summed E-state index contributed by atoms with van der Waals surface area (Å²) in [7, 11) is 1.64. The third-order valence-electron chi connectivity index (χ3n) is 4.75. The Morgan fingerprint density at radius 2 is 2.00 bits per heavy atom. The highest BCUT2D eigenvalue weighted by Gasteiger charge is 2.27. The highest BCUT2D eigenvalue weighted by atomic mass is 32.1. The molecule has 1 aliphatic heterocycles. The van der Waals surface area contributed by atoms with Crippen LogP contribution in [0.15, 0.2) is 24.3 Å². The van der Waals surface area contributed by atoms with Crippen LogP contribution >= 0.6 is 11.3 Å². The Labute approximate surface area is 168 Å². The molecule has 0 radical (unpaired) electrons. The fraction of sp³-hybridized carbons (Fsp3) is 0.500. The molecule has 1 amide bonds. The summed E-state index contributed by atoms with van der Waals surface area (Å²) < 4.78 is 10.1. The molecule has 0 bridgehead atoms. The number of amides is 1. The number of esters is 1. The van der Waals surface area contributed by atoms with Gasteiger partial charge in [0.1, 0.15) is 15.8 Å². The first-order valence-corrected chi connectivity index (χ1v) is 10.3. The lowest BCUT2D eigenvalue weighted by Crippen LogP contribution is -2.39. The molecule has 3 rings (SSSR count). The van der Waals surface area contributed by atoms with E-state index in [4.69, 9.17) is 9.47 Å². The highest BCUT2D eigenvalue weighted by molar-refractivity contribution is 7.14. The summed E-state index contributed by atoms with van der Waals surface area (Å²) in [5, 5.41) is 10.5. The number of rotatable bonds is 7. The van der Waals surface area contributed by atoms with E-state index in [1.165, 1.54) is 0 Å². The molecule has 1 atom stereocenters. The molecule has 1 fully saturated rings. The summed E-state index contributed by atoms with van der Waals surface area (Å²) in [4.78, 5) is 25.8. The second-order valence-corrected chi connectivity index (χ2v) is 7.67. The number of hydrogen-bond donors (Lipinski definition) is 0. The Morgan fingerprint density at radius 3 is 2.71 bits per heavy atom. The van der Waals surface area contributed by atoms with Gasteiger partial charge in [0.25, 0.3) is 0 Å². The average Bonchev–Trinajstić information content (AvgIpc) is 3.23. The van der Waals surface area contributed by atoms with Crippen LogP contribution in [0.25, 0.3) is 10.6 Å². The summed E-state index contributed by atoms with van der Waals surface area (Å²) in [5.74, 6) is 0.665. The Balaban J connectivity index is 1.60. The maximum Gasteiger partial charge on any atom is 0.306 e. The summed E-state index contributed by atoms with van der Waals surface area (Å²) in [6.45, 7) is 3.45. The minimum Gasteiger partial charge on any atom is -0.497 e. The Morgan fingerprint density at radius 1 is 1.21 bits per heavy atom. The Kier molecular flexibility index (Phi) is 6.97. The van der Waals surface area contributed by atoms with Crippen molar-refractivity contribution in [2.75, 3.05) is 26.8 Å². The predicted octanol–water partition coefficient (Wildman–Crippen LogP) is 3.26. The summed E-state index contributed by atoms with van der Waals surface area (Å²) >= 11 is 1.57. The zero-order chi connectivity index (χ0) is 19.9. The molecule has 0 spiro atoms. The van der Waals surface area contributed by atoms with Gasteiger partial charge in [-0.3, -0.25) is 9.59 Å².